The number of unbranched alkanes of at least 4 members (excludes halogenated alkanes) is 4. The normalized spacial score (nSPS) is 12.5. The summed E-state index contributed by atoms with van der Waals surface area (Å²) in [7, 11) is 0. The molecule has 156 valence electrons. The first-order valence-corrected chi connectivity index (χ1v) is 11.0. The molecule has 26 heavy (non-hydrogen) atoms. The van der Waals surface area contributed by atoms with Gasteiger partial charge in [-0.25, -0.2) is 0 Å². The maximum absolute atomic E-state index is 12.0. The average molecular weight is 371 g/mol. The molecule has 0 rings (SSSR count). The Bertz CT molecular complexity index is 315. The lowest BCUT2D eigenvalue weighted by Gasteiger charge is -2.24. The van der Waals surface area contributed by atoms with Crippen molar-refractivity contribution in [1.82, 2.24) is 0 Å². The van der Waals surface area contributed by atoms with E-state index < -0.39 is 0 Å². The standard InChI is InChI=1S/C23H46O3/c1-22(2,17-11-19-24)15-9-5-7-13-21(26)14-8-6-10-16-23(3,4)18-12-20-25/h24-25H,5-20H2,1-4H3. The molecule has 3 heteroatoms. The number of aliphatic hydroxyl groups is 2. The molecule has 0 radical (unpaired) electrons. The van der Waals surface area contributed by atoms with Gasteiger partial charge in [-0.1, -0.05) is 53.4 Å². The molecule has 0 saturated carbocycles. The largest absolute Gasteiger partial charge is 0.396 e. The highest BCUT2D eigenvalue weighted by atomic mass is 16.3. The fourth-order valence-electron chi connectivity index (χ4n) is 3.70. The molecule has 0 aromatic carbocycles. The first kappa shape index (κ1) is 25.6. The summed E-state index contributed by atoms with van der Waals surface area (Å²) in [6.45, 7) is 9.69. The maximum Gasteiger partial charge on any atom is 0.132 e. The predicted molar refractivity (Wildman–Crippen MR) is 111 cm³/mol. The minimum absolute atomic E-state index is 0.290. The Kier molecular flexibility index (Phi) is 14.4. The van der Waals surface area contributed by atoms with E-state index in [-0.39, 0.29) is 13.2 Å². The Hall–Kier alpha value is -0.410. The van der Waals surface area contributed by atoms with Gasteiger partial charge in [0.05, 0.1) is 0 Å². The lowest BCUT2D eigenvalue weighted by Crippen LogP contribution is -2.12. The number of rotatable bonds is 18. The molecule has 0 aliphatic heterocycles. The van der Waals surface area contributed by atoms with E-state index in [4.69, 9.17) is 10.2 Å². The molecular weight excluding hydrogens is 324 g/mol. The van der Waals surface area contributed by atoms with E-state index in [9.17, 15) is 4.79 Å². The highest BCUT2D eigenvalue weighted by molar-refractivity contribution is 5.78. The highest BCUT2D eigenvalue weighted by Crippen LogP contribution is 2.30. The van der Waals surface area contributed by atoms with Gasteiger partial charge in [-0.2, -0.15) is 0 Å². The van der Waals surface area contributed by atoms with Crippen LogP contribution in [0.2, 0.25) is 0 Å². The summed E-state index contributed by atoms with van der Waals surface area (Å²) in [6, 6.07) is 0. The number of hydrogen-bond acceptors (Lipinski definition) is 3. The van der Waals surface area contributed by atoms with Gasteiger partial charge < -0.3 is 10.2 Å². The predicted octanol–water partition coefficient (Wildman–Crippen LogP) is 6.05. The Morgan fingerprint density at radius 1 is 0.577 bits per heavy atom. The molecule has 0 amide bonds. The van der Waals surface area contributed by atoms with Crippen LogP contribution >= 0.6 is 0 Å². The third-order valence-corrected chi connectivity index (χ3v) is 5.64. The summed E-state index contributed by atoms with van der Waals surface area (Å²) in [5, 5.41) is 17.9. The van der Waals surface area contributed by atoms with Gasteiger partial charge in [-0.3, -0.25) is 4.79 Å². The molecule has 3 nitrogen and oxygen atoms in total. The van der Waals surface area contributed by atoms with E-state index >= 15 is 0 Å². The minimum atomic E-state index is 0.290. The molecular formula is C23H46O3. The number of aliphatic hydroxyl groups excluding tert-OH is 2. The van der Waals surface area contributed by atoms with E-state index in [1.807, 2.05) is 0 Å². The van der Waals surface area contributed by atoms with Gasteiger partial charge in [0.1, 0.15) is 5.78 Å². The molecule has 0 spiro atoms. The van der Waals surface area contributed by atoms with Gasteiger partial charge in [0.25, 0.3) is 0 Å². The second-order valence-corrected chi connectivity index (χ2v) is 9.64. The fourth-order valence-corrected chi connectivity index (χ4v) is 3.70. The summed E-state index contributed by atoms with van der Waals surface area (Å²) in [4.78, 5) is 12.0. The molecule has 0 atom stereocenters. The average Bonchev–Trinajstić information content (AvgIpc) is 2.57. The van der Waals surface area contributed by atoms with E-state index in [2.05, 4.69) is 27.7 Å². The summed E-state index contributed by atoms with van der Waals surface area (Å²) in [6.07, 6.45) is 14.6. The van der Waals surface area contributed by atoms with Gasteiger partial charge in [-0.05, 0) is 62.2 Å². The second-order valence-electron chi connectivity index (χ2n) is 9.64. The van der Waals surface area contributed by atoms with Crippen molar-refractivity contribution in [3.8, 4) is 0 Å². The molecule has 0 heterocycles. The van der Waals surface area contributed by atoms with Crippen LogP contribution in [-0.2, 0) is 4.79 Å². The zero-order valence-electron chi connectivity index (χ0n) is 18.1. The zero-order chi connectivity index (χ0) is 19.9. The van der Waals surface area contributed by atoms with Crippen molar-refractivity contribution in [1.29, 1.82) is 0 Å². The molecule has 0 bridgehead atoms. The monoisotopic (exact) mass is 370 g/mol. The lowest BCUT2D eigenvalue weighted by molar-refractivity contribution is -0.119. The topological polar surface area (TPSA) is 57.5 Å². The number of ketones is 1. The van der Waals surface area contributed by atoms with Crippen molar-refractivity contribution < 1.29 is 15.0 Å². The third kappa shape index (κ3) is 15.8. The molecule has 0 unspecified atom stereocenters. The summed E-state index contributed by atoms with van der Waals surface area (Å²) < 4.78 is 0. The molecule has 2 N–H and O–H groups in total. The highest BCUT2D eigenvalue weighted by Gasteiger charge is 2.17. The second kappa shape index (κ2) is 14.6. The van der Waals surface area contributed by atoms with Gasteiger partial charge in [-0.15, -0.1) is 0 Å². The van der Waals surface area contributed by atoms with Crippen LogP contribution in [0.25, 0.3) is 0 Å². The van der Waals surface area contributed by atoms with Crippen molar-refractivity contribution in [3.63, 3.8) is 0 Å². The molecule has 0 aliphatic rings. The Morgan fingerprint density at radius 2 is 0.923 bits per heavy atom. The van der Waals surface area contributed by atoms with Crippen LogP contribution in [0.4, 0.5) is 0 Å². The van der Waals surface area contributed by atoms with Crippen molar-refractivity contribution in [2.75, 3.05) is 13.2 Å². The smallest absolute Gasteiger partial charge is 0.132 e. The van der Waals surface area contributed by atoms with E-state index in [0.717, 1.165) is 64.2 Å². The van der Waals surface area contributed by atoms with E-state index in [0.29, 0.717) is 16.6 Å². The number of Topliss-reactive ketones (excluding diaryl/α,β-unsaturated/α-hetero) is 1. The van der Waals surface area contributed by atoms with Gasteiger partial charge >= 0.3 is 0 Å². The molecule has 0 saturated heterocycles. The van der Waals surface area contributed by atoms with Crippen molar-refractivity contribution in [2.45, 2.75) is 118 Å². The van der Waals surface area contributed by atoms with Gasteiger partial charge in [0, 0.05) is 26.1 Å². The third-order valence-electron chi connectivity index (χ3n) is 5.64. The summed E-state index contributed by atoms with van der Waals surface area (Å²) in [5.41, 5.74) is 0.634. The van der Waals surface area contributed by atoms with Crippen LogP contribution in [-0.4, -0.2) is 29.2 Å². The first-order valence-electron chi connectivity index (χ1n) is 11.0. The van der Waals surface area contributed by atoms with Crippen LogP contribution < -0.4 is 0 Å². The van der Waals surface area contributed by atoms with Crippen molar-refractivity contribution in [3.05, 3.63) is 0 Å². The van der Waals surface area contributed by atoms with Crippen LogP contribution in [0.3, 0.4) is 0 Å². The zero-order valence-corrected chi connectivity index (χ0v) is 18.1. The quantitative estimate of drug-likeness (QED) is 0.289. The Morgan fingerprint density at radius 3 is 1.27 bits per heavy atom. The number of carbonyl (C=O) groups excluding carboxylic acids is 1. The van der Waals surface area contributed by atoms with Crippen LogP contribution in [0, 0.1) is 10.8 Å². The molecule has 0 aliphatic carbocycles. The SMILES string of the molecule is CC(C)(CCCO)CCCCCC(=O)CCCCCC(C)(C)CCCO. The summed E-state index contributed by atoms with van der Waals surface area (Å²) in [5.74, 6) is 0.434. The van der Waals surface area contributed by atoms with E-state index in [1.165, 1.54) is 25.7 Å². The number of hydrogen-bond donors (Lipinski definition) is 2. The Balaban J connectivity index is 3.58. The van der Waals surface area contributed by atoms with Gasteiger partial charge in [0.15, 0.2) is 0 Å². The first-order chi connectivity index (χ1) is 12.2. The molecule has 0 fully saturated rings. The van der Waals surface area contributed by atoms with Crippen LogP contribution in [0.15, 0.2) is 0 Å². The molecule has 0 aromatic heterocycles. The van der Waals surface area contributed by atoms with Crippen molar-refractivity contribution in [2.24, 2.45) is 10.8 Å². The van der Waals surface area contributed by atoms with Crippen LogP contribution in [0.1, 0.15) is 118 Å². The van der Waals surface area contributed by atoms with Crippen molar-refractivity contribution >= 4 is 5.78 Å². The van der Waals surface area contributed by atoms with Crippen LogP contribution in [0.5, 0.6) is 0 Å². The fraction of sp³-hybridized carbons (Fsp3) is 0.957. The maximum atomic E-state index is 12.0. The van der Waals surface area contributed by atoms with E-state index in [1.54, 1.807) is 0 Å². The lowest BCUT2D eigenvalue weighted by atomic mass is 9.82. The number of carbonyl (C=O) groups is 1. The van der Waals surface area contributed by atoms with Gasteiger partial charge in [0.2, 0.25) is 0 Å². The minimum Gasteiger partial charge on any atom is -0.396 e. The molecule has 0 aromatic rings. The Labute approximate surface area is 163 Å². The summed E-state index contributed by atoms with van der Waals surface area (Å²) >= 11 is 0.